The van der Waals surface area contributed by atoms with Gasteiger partial charge in [-0.05, 0) is 32.7 Å². The number of carbonyl (C=O) groups excluding carboxylic acids is 1. The number of rotatable bonds is 4. The van der Waals surface area contributed by atoms with E-state index in [0.717, 1.165) is 19.6 Å². The van der Waals surface area contributed by atoms with Crippen molar-refractivity contribution in [2.45, 2.75) is 45.2 Å². The third-order valence-corrected chi connectivity index (χ3v) is 4.47. The summed E-state index contributed by atoms with van der Waals surface area (Å²) in [6, 6.07) is 0.678. The summed E-state index contributed by atoms with van der Waals surface area (Å²) in [7, 11) is 0. The lowest BCUT2D eigenvalue weighted by atomic mass is 10.1. The van der Waals surface area contributed by atoms with Crippen molar-refractivity contribution < 1.29 is 14.7 Å². The molecule has 0 aromatic heterocycles. The van der Waals surface area contributed by atoms with Crippen LogP contribution in [-0.4, -0.2) is 65.2 Å². The summed E-state index contributed by atoms with van der Waals surface area (Å²) >= 11 is 0. The molecule has 2 rings (SSSR count). The molecule has 0 spiro atoms. The topological polar surface area (TPSA) is 72.9 Å². The van der Waals surface area contributed by atoms with Gasteiger partial charge in [0.15, 0.2) is 0 Å². The third-order valence-electron chi connectivity index (χ3n) is 4.47. The Balaban J connectivity index is 1.78. The van der Waals surface area contributed by atoms with Gasteiger partial charge in [0.05, 0.1) is 5.92 Å². The molecule has 2 saturated heterocycles. The van der Waals surface area contributed by atoms with Crippen LogP contribution < -0.4 is 5.32 Å². The average Bonchev–Trinajstić information content (AvgIpc) is 2.84. The van der Waals surface area contributed by atoms with Crippen molar-refractivity contribution >= 4 is 12.0 Å². The van der Waals surface area contributed by atoms with Gasteiger partial charge in [0.25, 0.3) is 0 Å². The van der Waals surface area contributed by atoms with E-state index in [4.69, 9.17) is 5.11 Å². The molecule has 0 aliphatic carbocycles. The summed E-state index contributed by atoms with van der Waals surface area (Å²) in [4.78, 5) is 27.3. The second kappa shape index (κ2) is 6.43. The van der Waals surface area contributed by atoms with Gasteiger partial charge in [-0.25, -0.2) is 4.79 Å². The van der Waals surface area contributed by atoms with Crippen LogP contribution in [0.5, 0.6) is 0 Å². The smallest absolute Gasteiger partial charge is 0.317 e. The number of nitrogens with zero attached hydrogens (tertiary/aromatic N) is 2. The van der Waals surface area contributed by atoms with Crippen molar-refractivity contribution in [3.8, 4) is 0 Å². The lowest BCUT2D eigenvalue weighted by Gasteiger charge is -2.42. The minimum atomic E-state index is -0.813. The summed E-state index contributed by atoms with van der Waals surface area (Å²) < 4.78 is 0. The molecule has 114 valence electrons. The van der Waals surface area contributed by atoms with Gasteiger partial charge in [-0.3, -0.25) is 9.69 Å². The fourth-order valence-electron chi connectivity index (χ4n) is 3.09. The number of carboxylic acid groups (broad SMARTS) is 1. The third kappa shape index (κ3) is 3.42. The van der Waals surface area contributed by atoms with Crippen LogP contribution in [0.15, 0.2) is 0 Å². The van der Waals surface area contributed by atoms with Gasteiger partial charge < -0.3 is 15.3 Å². The SMILES string of the molecule is CC(CCNC(=O)N1CC2CCCN2CC1C)C(=O)O. The number of nitrogens with one attached hydrogen (secondary N) is 1. The highest BCUT2D eigenvalue weighted by Gasteiger charge is 2.36. The number of amides is 2. The highest BCUT2D eigenvalue weighted by Crippen LogP contribution is 2.24. The maximum Gasteiger partial charge on any atom is 0.317 e. The Morgan fingerprint density at radius 2 is 2.15 bits per heavy atom. The molecule has 0 saturated carbocycles. The van der Waals surface area contributed by atoms with Crippen LogP contribution in [0.1, 0.15) is 33.1 Å². The number of hydrogen-bond donors (Lipinski definition) is 2. The lowest BCUT2D eigenvalue weighted by Crippen LogP contribution is -2.59. The molecule has 0 aromatic rings. The van der Waals surface area contributed by atoms with E-state index in [1.165, 1.54) is 12.8 Å². The van der Waals surface area contributed by atoms with E-state index < -0.39 is 11.9 Å². The number of piperazine rings is 1. The largest absolute Gasteiger partial charge is 0.481 e. The standard InChI is InChI=1S/C14H25N3O3/c1-10(13(18)19)5-6-15-14(20)17-9-12-4-3-7-16(12)8-11(17)2/h10-12H,3-9H2,1-2H3,(H,15,20)(H,18,19). The Morgan fingerprint density at radius 1 is 1.40 bits per heavy atom. The van der Waals surface area contributed by atoms with Crippen LogP contribution >= 0.6 is 0 Å². The van der Waals surface area contributed by atoms with Crippen LogP contribution in [0.25, 0.3) is 0 Å². The van der Waals surface area contributed by atoms with E-state index in [9.17, 15) is 9.59 Å². The second-order valence-electron chi connectivity index (χ2n) is 6.05. The van der Waals surface area contributed by atoms with Gasteiger partial charge in [-0.15, -0.1) is 0 Å². The van der Waals surface area contributed by atoms with Crippen LogP contribution in [0.3, 0.4) is 0 Å². The van der Waals surface area contributed by atoms with Gasteiger partial charge in [-0.1, -0.05) is 6.92 Å². The molecule has 20 heavy (non-hydrogen) atoms. The highest BCUT2D eigenvalue weighted by molar-refractivity contribution is 5.75. The molecule has 3 unspecified atom stereocenters. The van der Waals surface area contributed by atoms with Crippen LogP contribution in [-0.2, 0) is 4.79 Å². The predicted octanol–water partition coefficient (Wildman–Crippen LogP) is 0.975. The molecule has 2 fully saturated rings. The van der Waals surface area contributed by atoms with E-state index in [2.05, 4.69) is 17.1 Å². The van der Waals surface area contributed by atoms with E-state index >= 15 is 0 Å². The Kier molecular flexibility index (Phi) is 4.86. The fraction of sp³-hybridized carbons (Fsp3) is 0.857. The number of hydrogen-bond acceptors (Lipinski definition) is 3. The van der Waals surface area contributed by atoms with E-state index in [1.54, 1.807) is 6.92 Å². The van der Waals surface area contributed by atoms with E-state index in [0.29, 0.717) is 19.0 Å². The first-order valence-corrected chi connectivity index (χ1v) is 7.50. The molecular weight excluding hydrogens is 258 g/mol. The van der Waals surface area contributed by atoms with Crippen molar-refractivity contribution in [2.24, 2.45) is 5.92 Å². The van der Waals surface area contributed by atoms with E-state index in [1.807, 2.05) is 4.90 Å². The molecule has 6 nitrogen and oxygen atoms in total. The van der Waals surface area contributed by atoms with Gasteiger partial charge in [0.2, 0.25) is 0 Å². The van der Waals surface area contributed by atoms with E-state index in [-0.39, 0.29) is 12.1 Å². The monoisotopic (exact) mass is 283 g/mol. The van der Waals surface area contributed by atoms with Crippen molar-refractivity contribution in [1.82, 2.24) is 15.1 Å². The Labute approximate surface area is 120 Å². The molecule has 2 aliphatic rings. The van der Waals surface area contributed by atoms with Crippen molar-refractivity contribution in [3.63, 3.8) is 0 Å². The minimum absolute atomic E-state index is 0.0540. The predicted molar refractivity (Wildman–Crippen MR) is 75.6 cm³/mol. The molecule has 2 N–H and O–H groups in total. The molecule has 2 amide bonds. The van der Waals surface area contributed by atoms with Gasteiger partial charge in [0.1, 0.15) is 0 Å². The van der Waals surface area contributed by atoms with Crippen LogP contribution in [0, 0.1) is 5.92 Å². The zero-order valence-corrected chi connectivity index (χ0v) is 12.3. The van der Waals surface area contributed by atoms with Crippen molar-refractivity contribution in [2.75, 3.05) is 26.2 Å². The Hall–Kier alpha value is -1.30. The fourth-order valence-corrected chi connectivity index (χ4v) is 3.09. The summed E-state index contributed by atoms with van der Waals surface area (Å²) in [6.07, 6.45) is 2.87. The molecule has 0 bridgehead atoms. The summed E-state index contributed by atoms with van der Waals surface area (Å²) in [5.74, 6) is -1.23. The molecule has 6 heteroatoms. The molecule has 0 radical (unpaired) electrons. The normalized spacial score (nSPS) is 28.0. The highest BCUT2D eigenvalue weighted by atomic mass is 16.4. The first kappa shape index (κ1) is 15.1. The molecule has 3 atom stereocenters. The van der Waals surface area contributed by atoms with Gasteiger partial charge in [-0.2, -0.15) is 0 Å². The first-order chi connectivity index (χ1) is 9.49. The maximum absolute atomic E-state index is 12.2. The molecule has 0 aromatic carbocycles. The Morgan fingerprint density at radius 3 is 2.85 bits per heavy atom. The van der Waals surface area contributed by atoms with Crippen molar-refractivity contribution in [1.29, 1.82) is 0 Å². The summed E-state index contributed by atoms with van der Waals surface area (Å²) in [5.41, 5.74) is 0. The average molecular weight is 283 g/mol. The minimum Gasteiger partial charge on any atom is -0.481 e. The van der Waals surface area contributed by atoms with Crippen molar-refractivity contribution in [3.05, 3.63) is 0 Å². The molecular formula is C14H25N3O3. The van der Waals surface area contributed by atoms with Gasteiger partial charge in [0, 0.05) is 31.7 Å². The summed E-state index contributed by atoms with van der Waals surface area (Å²) in [6.45, 7) is 7.05. The lowest BCUT2D eigenvalue weighted by molar-refractivity contribution is -0.141. The second-order valence-corrected chi connectivity index (χ2v) is 6.05. The number of carbonyl (C=O) groups is 2. The zero-order valence-electron chi connectivity index (χ0n) is 12.3. The van der Waals surface area contributed by atoms with Gasteiger partial charge >= 0.3 is 12.0 Å². The quantitative estimate of drug-likeness (QED) is 0.806. The molecule has 2 heterocycles. The van der Waals surface area contributed by atoms with Crippen LogP contribution in [0.2, 0.25) is 0 Å². The number of carboxylic acids is 1. The Bertz CT molecular complexity index is 375. The van der Waals surface area contributed by atoms with Crippen LogP contribution in [0.4, 0.5) is 4.79 Å². The number of fused-ring (bicyclic) bond motifs is 1. The molecule has 2 aliphatic heterocycles. The number of aliphatic carboxylic acids is 1. The summed E-state index contributed by atoms with van der Waals surface area (Å²) in [5, 5.41) is 11.7. The first-order valence-electron chi connectivity index (χ1n) is 7.50. The maximum atomic E-state index is 12.2. The zero-order chi connectivity index (χ0) is 14.7. The number of urea groups is 1.